The third-order valence-electron chi connectivity index (χ3n) is 4.85. The summed E-state index contributed by atoms with van der Waals surface area (Å²) in [5.41, 5.74) is 2.04. The molecule has 0 aliphatic rings. The van der Waals surface area contributed by atoms with Crippen LogP contribution in [-0.2, 0) is 13.5 Å². The van der Waals surface area contributed by atoms with Gasteiger partial charge in [0.25, 0.3) is 0 Å². The number of nitrogens with zero attached hydrogens (tertiary/aromatic N) is 6. The Hall–Kier alpha value is -4.60. The zero-order chi connectivity index (χ0) is 22.8. The van der Waals surface area contributed by atoms with E-state index in [-0.39, 0.29) is 5.82 Å². The quantitative estimate of drug-likeness (QED) is 0.432. The molecule has 4 aromatic heterocycles. The summed E-state index contributed by atoms with van der Waals surface area (Å²) in [4.78, 5) is 23.7. The molecule has 0 radical (unpaired) electrons. The first kappa shape index (κ1) is 20.3. The molecule has 0 unspecified atom stereocenters. The summed E-state index contributed by atoms with van der Waals surface area (Å²) in [6, 6.07) is 12.9. The van der Waals surface area contributed by atoms with Crippen molar-refractivity contribution in [3.63, 3.8) is 0 Å². The van der Waals surface area contributed by atoms with Crippen LogP contribution in [0.2, 0.25) is 0 Å². The molecule has 5 aromatic rings. The fourth-order valence-electron chi connectivity index (χ4n) is 3.28. The zero-order valence-corrected chi connectivity index (χ0v) is 17.5. The summed E-state index contributed by atoms with van der Waals surface area (Å²) in [5.74, 6) is 1.58. The second kappa shape index (κ2) is 8.50. The first-order valence-electron chi connectivity index (χ1n) is 10.1. The van der Waals surface area contributed by atoms with Gasteiger partial charge in [0.2, 0.25) is 0 Å². The molecule has 0 saturated carbocycles. The Labute approximate surface area is 187 Å². The highest BCUT2D eigenvalue weighted by Gasteiger charge is 2.10. The number of hydrogen-bond acceptors (Lipinski definition) is 6. The molecule has 4 heterocycles. The lowest BCUT2D eigenvalue weighted by Gasteiger charge is -2.07. The third kappa shape index (κ3) is 4.54. The largest absolute Gasteiger partial charge is 0.456 e. The van der Waals surface area contributed by atoms with Gasteiger partial charge in [-0.25, -0.2) is 14.2 Å². The predicted molar refractivity (Wildman–Crippen MR) is 118 cm³/mol. The molecule has 0 bridgehead atoms. The van der Waals surface area contributed by atoms with E-state index in [2.05, 4.69) is 25.1 Å². The molecular formula is C23H18FN7O2. The van der Waals surface area contributed by atoms with Crippen LogP contribution >= 0.6 is 0 Å². The molecule has 9 nitrogen and oxygen atoms in total. The van der Waals surface area contributed by atoms with Crippen molar-refractivity contribution in [3.05, 3.63) is 101 Å². The van der Waals surface area contributed by atoms with Crippen LogP contribution in [0.5, 0.6) is 11.5 Å². The number of halogens is 1. The number of benzene rings is 1. The van der Waals surface area contributed by atoms with Crippen LogP contribution in [0.4, 0.5) is 4.39 Å². The lowest BCUT2D eigenvalue weighted by atomic mass is 10.1. The van der Waals surface area contributed by atoms with Crippen LogP contribution in [0.15, 0.2) is 78.1 Å². The number of rotatable bonds is 6. The minimum absolute atomic E-state index is 0.315. The molecule has 0 amide bonds. The Morgan fingerprint density at radius 2 is 1.88 bits per heavy atom. The molecule has 0 aliphatic carbocycles. The number of aromatic nitrogens is 7. The molecule has 0 saturated heterocycles. The number of nitrogens with one attached hydrogen (secondary N) is 1. The van der Waals surface area contributed by atoms with Gasteiger partial charge in [0, 0.05) is 37.5 Å². The maximum Gasteiger partial charge on any atom is 0.349 e. The molecule has 10 heteroatoms. The van der Waals surface area contributed by atoms with Crippen LogP contribution in [0, 0.1) is 5.82 Å². The molecule has 0 aliphatic heterocycles. The second-order valence-corrected chi connectivity index (χ2v) is 7.33. The highest BCUT2D eigenvalue weighted by molar-refractivity contribution is 5.58. The Kier molecular flexibility index (Phi) is 5.23. The normalized spacial score (nSPS) is 11.0. The minimum Gasteiger partial charge on any atom is -0.456 e. The summed E-state index contributed by atoms with van der Waals surface area (Å²) in [6.07, 6.45) is 7.14. The molecule has 0 atom stereocenters. The van der Waals surface area contributed by atoms with E-state index in [1.165, 1.54) is 23.0 Å². The molecule has 0 spiro atoms. The summed E-state index contributed by atoms with van der Waals surface area (Å²) >= 11 is 0. The topological polar surface area (TPSA) is 104 Å². The van der Waals surface area contributed by atoms with E-state index < -0.39 is 5.69 Å². The van der Waals surface area contributed by atoms with E-state index in [0.29, 0.717) is 29.6 Å². The van der Waals surface area contributed by atoms with Crippen LogP contribution in [0.25, 0.3) is 17.1 Å². The van der Waals surface area contributed by atoms with Gasteiger partial charge < -0.3 is 4.74 Å². The standard InChI is InChI=1S/C23H18FN7O2/c1-30-14-16(12-27-30)20-11-18(8-9-25-20)33-19-6-7-22(26-13-19)31-23(32)28-21(29-31)10-15-2-4-17(24)5-3-15/h2-9,11-14H,10H2,1H3,(H,28,29,32). The van der Waals surface area contributed by atoms with Gasteiger partial charge in [0.1, 0.15) is 23.1 Å². The van der Waals surface area contributed by atoms with E-state index in [9.17, 15) is 9.18 Å². The first-order valence-corrected chi connectivity index (χ1v) is 10.1. The average molecular weight is 443 g/mol. The van der Waals surface area contributed by atoms with Crippen molar-refractivity contribution in [1.82, 2.24) is 34.5 Å². The van der Waals surface area contributed by atoms with Crippen molar-refractivity contribution >= 4 is 0 Å². The zero-order valence-electron chi connectivity index (χ0n) is 17.5. The molecular weight excluding hydrogens is 425 g/mol. The van der Waals surface area contributed by atoms with E-state index in [1.54, 1.807) is 47.4 Å². The van der Waals surface area contributed by atoms with Crippen LogP contribution in [0.1, 0.15) is 11.4 Å². The number of aryl methyl sites for hydroxylation is 1. The molecule has 164 valence electrons. The fraction of sp³-hybridized carbons (Fsp3) is 0.0870. The number of ether oxygens (including phenoxy) is 1. The van der Waals surface area contributed by atoms with Crippen LogP contribution < -0.4 is 10.4 Å². The van der Waals surface area contributed by atoms with E-state index in [1.807, 2.05) is 19.3 Å². The summed E-state index contributed by atoms with van der Waals surface area (Å²) in [5, 5.41) is 8.45. The Morgan fingerprint density at radius 1 is 1.03 bits per heavy atom. The first-order chi connectivity index (χ1) is 16.0. The van der Waals surface area contributed by atoms with Gasteiger partial charge in [0.15, 0.2) is 5.82 Å². The highest BCUT2D eigenvalue weighted by atomic mass is 19.1. The van der Waals surface area contributed by atoms with E-state index in [0.717, 1.165) is 16.8 Å². The van der Waals surface area contributed by atoms with Crippen molar-refractivity contribution in [1.29, 1.82) is 0 Å². The number of hydrogen-bond donors (Lipinski definition) is 1. The van der Waals surface area contributed by atoms with Gasteiger partial charge in [-0.15, -0.1) is 5.10 Å². The van der Waals surface area contributed by atoms with Gasteiger partial charge in [-0.1, -0.05) is 12.1 Å². The maximum atomic E-state index is 13.1. The molecule has 1 N–H and O–H groups in total. The van der Waals surface area contributed by atoms with Crippen molar-refractivity contribution in [2.75, 3.05) is 0 Å². The monoisotopic (exact) mass is 443 g/mol. The maximum absolute atomic E-state index is 13.1. The van der Waals surface area contributed by atoms with Gasteiger partial charge in [-0.05, 0) is 35.9 Å². The lowest BCUT2D eigenvalue weighted by molar-refractivity contribution is 0.479. The summed E-state index contributed by atoms with van der Waals surface area (Å²) in [6.45, 7) is 0. The third-order valence-corrected chi connectivity index (χ3v) is 4.85. The number of pyridine rings is 2. The van der Waals surface area contributed by atoms with Crippen molar-refractivity contribution in [2.45, 2.75) is 6.42 Å². The van der Waals surface area contributed by atoms with Gasteiger partial charge >= 0.3 is 5.69 Å². The molecule has 0 fully saturated rings. The minimum atomic E-state index is -0.413. The second-order valence-electron chi connectivity index (χ2n) is 7.33. The Morgan fingerprint density at radius 3 is 2.61 bits per heavy atom. The average Bonchev–Trinajstić information content (AvgIpc) is 3.41. The Balaban J connectivity index is 1.31. The van der Waals surface area contributed by atoms with E-state index >= 15 is 0 Å². The van der Waals surface area contributed by atoms with E-state index in [4.69, 9.17) is 4.74 Å². The fourth-order valence-corrected chi connectivity index (χ4v) is 3.28. The van der Waals surface area contributed by atoms with Crippen molar-refractivity contribution in [3.8, 4) is 28.6 Å². The predicted octanol–water partition coefficient (Wildman–Crippen LogP) is 3.27. The SMILES string of the molecule is Cn1cc(-c2cc(Oc3ccc(-n4nc(Cc5ccc(F)cc5)[nH]c4=O)nc3)ccn2)cn1. The highest BCUT2D eigenvalue weighted by Crippen LogP contribution is 2.25. The number of H-pyrrole nitrogens is 1. The van der Waals surface area contributed by atoms with Gasteiger partial charge in [0.05, 0.1) is 18.1 Å². The van der Waals surface area contributed by atoms with Crippen molar-refractivity contribution in [2.24, 2.45) is 7.05 Å². The molecule has 5 rings (SSSR count). The Bertz CT molecular complexity index is 1450. The van der Waals surface area contributed by atoms with Crippen LogP contribution in [0.3, 0.4) is 0 Å². The van der Waals surface area contributed by atoms with Gasteiger partial charge in [-0.2, -0.15) is 9.78 Å². The van der Waals surface area contributed by atoms with Crippen molar-refractivity contribution < 1.29 is 9.13 Å². The molecule has 1 aromatic carbocycles. The number of aromatic amines is 1. The van der Waals surface area contributed by atoms with Crippen LogP contribution in [-0.4, -0.2) is 34.5 Å². The molecule has 33 heavy (non-hydrogen) atoms. The van der Waals surface area contributed by atoms with Gasteiger partial charge in [-0.3, -0.25) is 14.6 Å². The summed E-state index contributed by atoms with van der Waals surface area (Å²) < 4.78 is 21.8. The lowest BCUT2D eigenvalue weighted by Crippen LogP contribution is -2.16. The smallest absolute Gasteiger partial charge is 0.349 e. The summed E-state index contributed by atoms with van der Waals surface area (Å²) in [7, 11) is 1.84.